The van der Waals surface area contributed by atoms with Gasteiger partial charge in [-0.15, -0.1) is 0 Å². The molecule has 4 rings (SSSR count). The lowest BCUT2D eigenvalue weighted by Gasteiger charge is -2.28. The van der Waals surface area contributed by atoms with E-state index in [0.717, 1.165) is 41.1 Å². The zero-order valence-corrected chi connectivity index (χ0v) is 12.0. The summed E-state index contributed by atoms with van der Waals surface area (Å²) in [5.41, 5.74) is 8.78. The van der Waals surface area contributed by atoms with Crippen molar-refractivity contribution in [2.75, 3.05) is 36.9 Å². The molecule has 0 amide bonds. The minimum atomic E-state index is 0.449. The first-order chi connectivity index (χ1) is 10.8. The average Bonchev–Trinajstić information content (AvgIpc) is 3.05. The van der Waals surface area contributed by atoms with Gasteiger partial charge in [0.2, 0.25) is 0 Å². The Bertz CT molecular complexity index is 809. The number of rotatable bonds is 2. The lowest BCUT2D eigenvalue weighted by atomic mass is 10.1. The van der Waals surface area contributed by atoms with Gasteiger partial charge in [0.1, 0.15) is 0 Å². The van der Waals surface area contributed by atoms with Crippen LogP contribution in [0.4, 0.5) is 11.6 Å². The Morgan fingerprint density at radius 1 is 1.18 bits per heavy atom. The van der Waals surface area contributed by atoms with Crippen molar-refractivity contribution < 1.29 is 4.74 Å². The van der Waals surface area contributed by atoms with Crippen molar-refractivity contribution in [2.24, 2.45) is 0 Å². The summed E-state index contributed by atoms with van der Waals surface area (Å²) in [4.78, 5) is 11.2. The third-order valence-corrected chi connectivity index (χ3v) is 3.85. The summed E-state index contributed by atoms with van der Waals surface area (Å²) in [6.45, 7) is 2.92. The molecule has 0 saturated carbocycles. The molecule has 1 saturated heterocycles. The highest BCUT2D eigenvalue weighted by Crippen LogP contribution is 2.29. The molecule has 3 aromatic rings. The number of aromatic amines is 1. The van der Waals surface area contributed by atoms with Crippen LogP contribution in [0.1, 0.15) is 0 Å². The average molecular weight is 296 g/mol. The molecule has 112 valence electrons. The molecule has 22 heavy (non-hydrogen) atoms. The van der Waals surface area contributed by atoms with Crippen LogP contribution < -0.4 is 10.6 Å². The first-order valence-electron chi connectivity index (χ1n) is 7.20. The number of anilines is 2. The van der Waals surface area contributed by atoms with E-state index in [4.69, 9.17) is 15.5 Å². The third kappa shape index (κ3) is 2.15. The maximum absolute atomic E-state index is 6.02. The maximum atomic E-state index is 6.02. The molecule has 1 aromatic carbocycles. The summed E-state index contributed by atoms with van der Waals surface area (Å²) in [5, 5.41) is 8.08. The second kappa shape index (κ2) is 5.27. The van der Waals surface area contributed by atoms with Crippen LogP contribution in [0.2, 0.25) is 0 Å². The van der Waals surface area contributed by atoms with Crippen molar-refractivity contribution in [3.8, 4) is 11.3 Å². The molecular weight excluding hydrogens is 280 g/mol. The Balaban J connectivity index is 1.81. The highest BCUT2D eigenvalue weighted by atomic mass is 16.5. The van der Waals surface area contributed by atoms with Gasteiger partial charge in [-0.3, -0.25) is 5.10 Å². The van der Waals surface area contributed by atoms with Crippen molar-refractivity contribution in [3.63, 3.8) is 0 Å². The summed E-state index contributed by atoms with van der Waals surface area (Å²) in [6, 6.07) is 5.98. The van der Waals surface area contributed by atoms with Crippen molar-refractivity contribution in [1.82, 2.24) is 20.2 Å². The number of aromatic nitrogens is 4. The second-order valence-corrected chi connectivity index (χ2v) is 5.20. The maximum Gasteiger partial charge on any atom is 0.172 e. The van der Waals surface area contributed by atoms with Crippen molar-refractivity contribution in [1.29, 1.82) is 0 Å². The Hall–Kier alpha value is -2.67. The Labute approximate surface area is 127 Å². The molecule has 7 heteroatoms. The topological polar surface area (TPSA) is 93.0 Å². The number of ether oxygens (including phenoxy) is 1. The predicted octanol–water partition coefficient (Wildman–Crippen LogP) is 1.44. The molecule has 3 N–H and O–H groups in total. The lowest BCUT2D eigenvalue weighted by Crippen LogP contribution is -2.37. The van der Waals surface area contributed by atoms with E-state index in [2.05, 4.69) is 20.1 Å². The normalized spacial score (nSPS) is 15.4. The molecule has 0 radical (unpaired) electrons. The predicted molar refractivity (Wildman–Crippen MR) is 84.6 cm³/mol. The fourth-order valence-corrected chi connectivity index (χ4v) is 2.72. The SMILES string of the molecule is Nc1ncc(-c2cccc3[nH]ncc23)nc1N1CCOCC1. The minimum Gasteiger partial charge on any atom is -0.381 e. The number of benzene rings is 1. The van der Waals surface area contributed by atoms with E-state index in [1.165, 1.54) is 0 Å². The van der Waals surface area contributed by atoms with Crippen molar-refractivity contribution in [3.05, 3.63) is 30.6 Å². The number of nitrogens with one attached hydrogen (secondary N) is 1. The van der Waals surface area contributed by atoms with E-state index in [0.29, 0.717) is 19.0 Å². The molecule has 0 aliphatic carbocycles. The molecule has 0 unspecified atom stereocenters. The van der Waals surface area contributed by atoms with Gasteiger partial charge in [-0.05, 0) is 6.07 Å². The van der Waals surface area contributed by atoms with Crippen LogP contribution in [0, 0.1) is 0 Å². The Morgan fingerprint density at radius 2 is 2.05 bits per heavy atom. The summed E-state index contributed by atoms with van der Waals surface area (Å²) in [5.74, 6) is 1.17. The number of H-pyrrole nitrogens is 1. The van der Waals surface area contributed by atoms with Gasteiger partial charge in [-0.1, -0.05) is 12.1 Å². The first kappa shape index (κ1) is 13.0. The number of morpholine rings is 1. The van der Waals surface area contributed by atoms with Gasteiger partial charge in [-0.25, -0.2) is 9.97 Å². The van der Waals surface area contributed by atoms with Crippen molar-refractivity contribution >= 4 is 22.5 Å². The van der Waals surface area contributed by atoms with Crippen LogP contribution in [0.3, 0.4) is 0 Å². The molecule has 0 bridgehead atoms. The first-order valence-corrected chi connectivity index (χ1v) is 7.20. The molecule has 1 fully saturated rings. The van der Waals surface area contributed by atoms with E-state index in [9.17, 15) is 0 Å². The van der Waals surface area contributed by atoms with Crippen LogP contribution in [0.15, 0.2) is 30.6 Å². The van der Waals surface area contributed by atoms with E-state index in [-0.39, 0.29) is 0 Å². The fraction of sp³-hybridized carbons (Fsp3) is 0.267. The highest BCUT2D eigenvalue weighted by molar-refractivity contribution is 5.93. The number of hydrogen-bond acceptors (Lipinski definition) is 6. The monoisotopic (exact) mass is 296 g/mol. The molecule has 0 spiro atoms. The summed E-state index contributed by atoms with van der Waals surface area (Å²) in [6.07, 6.45) is 3.51. The number of fused-ring (bicyclic) bond motifs is 1. The molecule has 1 aliphatic rings. The van der Waals surface area contributed by atoms with E-state index in [1.54, 1.807) is 12.4 Å². The number of nitrogens with zero attached hydrogens (tertiary/aromatic N) is 4. The molecule has 7 nitrogen and oxygen atoms in total. The van der Waals surface area contributed by atoms with Crippen LogP contribution in [-0.2, 0) is 4.74 Å². The van der Waals surface area contributed by atoms with Crippen LogP contribution in [0.25, 0.3) is 22.2 Å². The number of hydrogen-bond donors (Lipinski definition) is 2. The van der Waals surface area contributed by atoms with Gasteiger partial charge in [-0.2, -0.15) is 5.10 Å². The van der Waals surface area contributed by atoms with Crippen LogP contribution >= 0.6 is 0 Å². The molecule has 2 aromatic heterocycles. The second-order valence-electron chi connectivity index (χ2n) is 5.20. The van der Waals surface area contributed by atoms with Gasteiger partial charge >= 0.3 is 0 Å². The smallest absolute Gasteiger partial charge is 0.172 e. The number of nitrogen functional groups attached to an aromatic ring is 1. The van der Waals surface area contributed by atoms with E-state index in [1.807, 2.05) is 18.2 Å². The van der Waals surface area contributed by atoms with Gasteiger partial charge in [0.25, 0.3) is 0 Å². The molecule has 1 aliphatic heterocycles. The van der Waals surface area contributed by atoms with E-state index >= 15 is 0 Å². The zero-order chi connectivity index (χ0) is 14.9. The molecular formula is C15H16N6O. The fourth-order valence-electron chi connectivity index (χ4n) is 2.72. The highest BCUT2D eigenvalue weighted by Gasteiger charge is 2.17. The molecule has 3 heterocycles. The van der Waals surface area contributed by atoms with Gasteiger partial charge in [0.15, 0.2) is 11.6 Å². The molecule has 0 atom stereocenters. The van der Waals surface area contributed by atoms with E-state index < -0.39 is 0 Å². The standard InChI is InChI=1S/C15H16N6O/c16-14-15(21-4-6-22-7-5-21)19-13(9-17-14)10-2-1-3-12-11(10)8-18-20-12/h1-3,8-9H,4-7H2,(H2,16,17)(H,18,20). The largest absolute Gasteiger partial charge is 0.381 e. The zero-order valence-electron chi connectivity index (χ0n) is 12.0. The van der Waals surface area contributed by atoms with Gasteiger partial charge < -0.3 is 15.4 Å². The van der Waals surface area contributed by atoms with Crippen LogP contribution in [0.5, 0.6) is 0 Å². The Morgan fingerprint density at radius 3 is 2.91 bits per heavy atom. The van der Waals surface area contributed by atoms with Gasteiger partial charge in [0.05, 0.1) is 36.8 Å². The summed E-state index contributed by atoms with van der Waals surface area (Å²) in [7, 11) is 0. The minimum absolute atomic E-state index is 0.449. The quantitative estimate of drug-likeness (QED) is 0.743. The number of nitrogens with two attached hydrogens (primary N) is 1. The third-order valence-electron chi connectivity index (χ3n) is 3.85. The summed E-state index contributed by atoms with van der Waals surface area (Å²) >= 11 is 0. The lowest BCUT2D eigenvalue weighted by molar-refractivity contribution is 0.122. The van der Waals surface area contributed by atoms with Gasteiger partial charge in [0, 0.05) is 24.0 Å². The Kier molecular flexibility index (Phi) is 3.12. The summed E-state index contributed by atoms with van der Waals surface area (Å²) < 4.78 is 5.38. The van der Waals surface area contributed by atoms with Crippen molar-refractivity contribution in [2.45, 2.75) is 0 Å². The van der Waals surface area contributed by atoms with Crippen LogP contribution in [-0.4, -0.2) is 46.5 Å².